The Bertz CT molecular complexity index is 374. The number of rotatable bonds is 3. The molecular weight excluding hydrogens is 236 g/mol. The van der Waals surface area contributed by atoms with E-state index in [1.807, 2.05) is 0 Å². The van der Waals surface area contributed by atoms with E-state index in [1.165, 1.54) is 32.5 Å². The van der Waals surface area contributed by atoms with Gasteiger partial charge in [0.25, 0.3) is 0 Å². The van der Waals surface area contributed by atoms with Crippen molar-refractivity contribution in [3.8, 4) is 0 Å². The van der Waals surface area contributed by atoms with Gasteiger partial charge in [-0.15, -0.1) is 0 Å². The average molecular weight is 260 g/mol. The van der Waals surface area contributed by atoms with Crippen LogP contribution in [0.25, 0.3) is 0 Å². The minimum atomic E-state index is 0.416. The zero-order valence-electron chi connectivity index (χ0n) is 11.6. The summed E-state index contributed by atoms with van der Waals surface area (Å²) in [5.74, 6) is 0. The third-order valence-corrected chi connectivity index (χ3v) is 4.28. The minimum absolute atomic E-state index is 0.416. The number of fused-ring (bicyclic) bond motifs is 1. The lowest BCUT2D eigenvalue weighted by Gasteiger charge is -2.27. The van der Waals surface area contributed by atoms with Crippen LogP contribution in [0.3, 0.4) is 0 Å². The number of morpholine rings is 1. The van der Waals surface area contributed by atoms with Gasteiger partial charge in [-0.05, 0) is 30.4 Å². The highest BCUT2D eigenvalue weighted by Crippen LogP contribution is 2.16. The molecule has 1 N–H and O–H groups in total. The van der Waals surface area contributed by atoms with E-state index < -0.39 is 0 Å². The monoisotopic (exact) mass is 260 g/mol. The molecule has 1 saturated heterocycles. The van der Waals surface area contributed by atoms with Crippen LogP contribution in [0.2, 0.25) is 0 Å². The normalized spacial score (nSPS) is 24.7. The van der Waals surface area contributed by atoms with E-state index in [4.69, 9.17) is 4.74 Å². The van der Waals surface area contributed by atoms with Gasteiger partial charge in [-0.25, -0.2) is 0 Å². The van der Waals surface area contributed by atoms with E-state index in [-0.39, 0.29) is 0 Å². The predicted octanol–water partition coefficient (Wildman–Crippen LogP) is 1.47. The molecule has 0 amide bonds. The van der Waals surface area contributed by atoms with E-state index in [0.29, 0.717) is 6.10 Å². The second-order valence-corrected chi connectivity index (χ2v) is 5.60. The fraction of sp³-hybridized carbons (Fsp3) is 0.625. The Labute approximate surface area is 115 Å². The smallest absolute Gasteiger partial charge is 0.0712 e. The Hall–Kier alpha value is -0.900. The van der Waals surface area contributed by atoms with Gasteiger partial charge in [0.1, 0.15) is 0 Å². The molecule has 3 heteroatoms. The van der Waals surface area contributed by atoms with E-state index in [2.05, 4.69) is 34.5 Å². The lowest BCUT2D eigenvalue weighted by Crippen LogP contribution is -2.40. The molecule has 3 rings (SSSR count). The molecule has 2 heterocycles. The van der Waals surface area contributed by atoms with E-state index in [0.717, 1.165) is 26.1 Å². The molecule has 3 nitrogen and oxygen atoms in total. The zero-order valence-corrected chi connectivity index (χ0v) is 11.6. The highest BCUT2D eigenvalue weighted by atomic mass is 16.5. The fourth-order valence-corrected chi connectivity index (χ4v) is 3.07. The summed E-state index contributed by atoms with van der Waals surface area (Å²) in [7, 11) is 0. The van der Waals surface area contributed by atoms with Gasteiger partial charge in [-0.2, -0.15) is 0 Å². The van der Waals surface area contributed by atoms with Gasteiger partial charge in [0.05, 0.1) is 12.7 Å². The number of nitrogens with one attached hydrogen (secondary N) is 1. The van der Waals surface area contributed by atoms with Crippen molar-refractivity contribution in [1.29, 1.82) is 0 Å². The summed E-state index contributed by atoms with van der Waals surface area (Å²) in [6, 6.07) is 8.89. The van der Waals surface area contributed by atoms with Gasteiger partial charge in [0, 0.05) is 32.7 Å². The summed E-state index contributed by atoms with van der Waals surface area (Å²) in [5, 5.41) is 3.41. The van der Waals surface area contributed by atoms with Crippen LogP contribution in [-0.2, 0) is 17.6 Å². The third-order valence-electron chi connectivity index (χ3n) is 4.28. The number of nitrogens with zero attached hydrogens (tertiary/aromatic N) is 1. The zero-order chi connectivity index (χ0) is 12.9. The molecule has 1 aromatic carbocycles. The molecule has 1 unspecified atom stereocenters. The molecule has 104 valence electrons. The molecule has 1 fully saturated rings. The Balaban J connectivity index is 1.48. The minimum Gasteiger partial charge on any atom is -0.376 e. The number of hydrogen-bond donors (Lipinski definition) is 1. The number of benzene rings is 1. The SMILES string of the molecule is c1ccc2c(c1)CCN(CCC1CNCCO1)CC2. The van der Waals surface area contributed by atoms with Crippen molar-refractivity contribution in [3.63, 3.8) is 0 Å². The molecule has 2 aliphatic heterocycles. The Morgan fingerprint density at radius 1 is 1.16 bits per heavy atom. The number of hydrogen-bond acceptors (Lipinski definition) is 3. The van der Waals surface area contributed by atoms with Crippen molar-refractivity contribution in [1.82, 2.24) is 10.2 Å². The van der Waals surface area contributed by atoms with Crippen LogP contribution in [0.5, 0.6) is 0 Å². The third kappa shape index (κ3) is 3.56. The van der Waals surface area contributed by atoms with E-state index in [1.54, 1.807) is 11.1 Å². The summed E-state index contributed by atoms with van der Waals surface area (Å²) in [4.78, 5) is 2.60. The summed E-state index contributed by atoms with van der Waals surface area (Å²) in [5.41, 5.74) is 3.08. The molecule has 2 aliphatic rings. The first-order valence-electron chi connectivity index (χ1n) is 7.53. The molecule has 0 saturated carbocycles. The van der Waals surface area contributed by atoms with Gasteiger partial charge < -0.3 is 15.0 Å². The van der Waals surface area contributed by atoms with Gasteiger partial charge in [-0.3, -0.25) is 0 Å². The summed E-state index contributed by atoms with van der Waals surface area (Å²) in [6.07, 6.45) is 3.96. The molecule has 0 spiro atoms. The van der Waals surface area contributed by atoms with Crippen molar-refractivity contribution >= 4 is 0 Å². The maximum Gasteiger partial charge on any atom is 0.0712 e. The van der Waals surface area contributed by atoms with Crippen molar-refractivity contribution < 1.29 is 4.74 Å². The quantitative estimate of drug-likeness (QED) is 0.890. The molecule has 1 atom stereocenters. The lowest BCUT2D eigenvalue weighted by molar-refractivity contribution is 0.0176. The summed E-state index contributed by atoms with van der Waals surface area (Å²) < 4.78 is 5.77. The molecule has 0 bridgehead atoms. The molecule has 0 aliphatic carbocycles. The van der Waals surface area contributed by atoms with Crippen LogP contribution in [0.15, 0.2) is 24.3 Å². The molecule has 1 aromatic rings. The van der Waals surface area contributed by atoms with Crippen molar-refractivity contribution in [2.45, 2.75) is 25.4 Å². The van der Waals surface area contributed by atoms with Gasteiger partial charge >= 0.3 is 0 Å². The van der Waals surface area contributed by atoms with Crippen molar-refractivity contribution in [2.24, 2.45) is 0 Å². The van der Waals surface area contributed by atoms with Crippen LogP contribution in [0.4, 0.5) is 0 Å². The Morgan fingerprint density at radius 2 is 1.89 bits per heavy atom. The second-order valence-electron chi connectivity index (χ2n) is 5.60. The Kier molecular flexibility index (Phi) is 4.49. The first-order chi connectivity index (χ1) is 9.42. The second kappa shape index (κ2) is 6.51. The van der Waals surface area contributed by atoms with E-state index >= 15 is 0 Å². The average Bonchev–Trinajstić information content (AvgIpc) is 2.69. The van der Waals surface area contributed by atoms with Crippen LogP contribution in [-0.4, -0.2) is 50.3 Å². The molecule has 0 radical (unpaired) electrons. The highest BCUT2D eigenvalue weighted by Gasteiger charge is 2.17. The first kappa shape index (κ1) is 13.1. The van der Waals surface area contributed by atoms with Crippen LogP contribution >= 0.6 is 0 Å². The van der Waals surface area contributed by atoms with Crippen LogP contribution in [0, 0.1) is 0 Å². The molecule has 19 heavy (non-hydrogen) atoms. The topological polar surface area (TPSA) is 24.5 Å². The van der Waals surface area contributed by atoms with E-state index in [9.17, 15) is 0 Å². The lowest BCUT2D eigenvalue weighted by atomic mass is 10.0. The molecule has 0 aromatic heterocycles. The van der Waals surface area contributed by atoms with Crippen LogP contribution in [0.1, 0.15) is 17.5 Å². The van der Waals surface area contributed by atoms with Gasteiger partial charge in [-0.1, -0.05) is 24.3 Å². The standard InChI is InChI=1S/C16H24N2O/c1-2-4-15-6-10-18(9-5-14(15)3-1)11-7-16-13-17-8-12-19-16/h1-4,16-17H,5-13H2. The summed E-state index contributed by atoms with van der Waals surface area (Å²) >= 11 is 0. The first-order valence-corrected chi connectivity index (χ1v) is 7.53. The summed E-state index contributed by atoms with van der Waals surface area (Å²) in [6.45, 7) is 6.45. The predicted molar refractivity (Wildman–Crippen MR) is 77.5 cm³/mol. The van der Waals surface area contributed by atoms with Crippen molar-refractivity contribution in [2.75, 3.05) is 39.3 Å². The highest BCUT2D eigenvalue weighted by molar-refractivity contribution is 5.28. The Morgan fingerprint density at radius 3 is 2.53 bits per heavy atom. The van der Waals surface area contributed by atoms with Gasteiger partial charge in [0.15, 0.2) is 0 Å². The maximum atomic E-state index is 5.77. The fourth-order valence-electron chi connectivity index (χ4n) is 3.07. The van der Waals surface area contributed by atoms with Gasteiger partial charge in [0.2, 0.25) is 0 Å². The largest absolute Gasteiger partial charge is 0.376 e. The maximum absolute atomic E-state index is 5.77. The van der Waals surface area contributed by atoms with Crippen molar-refractivity contribution in [3.05, 3.63) is 35.4 Å². The number of ether oxygens (including phenoxy) is 1. The molecular formula is C16H24N2O. The van der Waals surface area contributed by atoms with Crippen LogP contribution < -0.4 is 5.32 Å².